The lowest BCUT2D eigenvalue weighted by molar-refractivity contribution is -0.149. The molecule has 2 rings (SSSR count). The number of methoxy groups -OCH3 is 2. The van der Waals surface area contributed by atoms with Crippen molar-refractivity contribution in [2.75, 3.05) is 20.8 Å². The Bertz CT molecular complexity index is 698. The van der Waals surface area contributed by atoms with Gasteiger partial charge in [0.05, 0.1) is 13.7 Å². The number of hydrogen-bond donors (Lipinski definition) is 1. The molecule has 0 saturated heterocycles. The van der Waals surface area contributed by atoms with Crippen molar-refractivity contribution in [1.29, 1.82) is 0 Å². The fourth-order valence-electron chi connectivity index (χ4n) is 2.31. The number of rotatable bonds is 5. The zero-order valence-electron chi connectivity index (χ0n) is 12.9. The first kappa shape index (κ1) is 16.0. The maximum absolute atomic E-state index is 12.4. The number of amides is 1. The van der Waals surface area contributed by atoms with Crippen molar-refractivity contribution in [2.45, 2.75) is 12.5 Å². The van der Waals surface area contributed by atoms with Crippen LogP contribution in [0, 0.1) is 0 Å². The second-order valence-electron chi connectivity index (χ2n) is 5.27. The molecule has 1 atom stereocenters. The average molecular weight is 301 g/mol. The second kappa shape index (κ2) is 6.58. The maximum atomic E-state index is 12.4. The highest BCUT2D eigenvalue weighted by atomic mass is 16.5. The molecule has 22 heavy (non-hydrogen) atoms. The highest BCUT2D eigenvalue weighted by Crippen LogP contribution is 2.17. The molecule has 0 aliphatic rings. The van der Waals surface area contributed by atoms with Crippen LogP contribution in [-0.2, 0) is 14.3 Å². The number of ether oxygens (including phenoxy) is 2. The number of esters is 1. The summed E-state index contributed by atoms with van der Waals surface area (Å²) < 4.78 is 9.76. The molecule has 0 fully saturated rings. The predicted molar refractivity (Wildman–Crippen MR) is 83.7 cm³/mol. The molecule has 1 amide bonds. The smallest absolute Gasteiger partial charge is 0.333 e. The van der Waals surface area contributed by atoms with Gasteiger partial charge in [0.2, 0.25) is 0 Å². The van der Waals surface area contributed by atoms with Crippen LogP contribution < -0.4 is 5.32 Å². The van der Waals surface area contributed by atoms with E-state index in [4.69, 9.17) is 9.47 Å². The van der Waals surface area contributed by atoms with Gasteiger partial charge in [-0.05, 0) is 29.8 Å². The van der Waals surface area contributed by atoms with E-state index in [1.165, 1.54) is 14.2 Å². The second-order valence-corrected chi connectivity index (χ2v) is 5.27. The molecule has 0 aliphatic carbocycles. The first-order valence-electron chi connectivity index (χ1n) is 6.89. The zero-order chi connectivity index (χ0) is 16.2. The summed E-state index contributed by atoms with van der Waals surface area (Å²) in [5, 5.41) is 4.70. The third kappa shape index (κ3) is 3.26. The Morgan fingerprint density at radius 1 is 1.09 bits per heavy atom. The van der Waals surface area contributed by atoms with E-state index in [1.54, 1.807) is 19.1 Å². The van der Waals surface area contributed by atoms with Gasteiger partial charge in [-0.2, -0.15) is 0 Å². The van der Waals surface area contributed by atoms with Gasteiger partial charge in [0, 0.05) is 12.7 Å². The summed E-state index contributed by atoms with van der Waals surface area (Å²) in [6.45, 7) is 1.60. The summed E-state index contributed by atoms with van der Waals surface area (Å²) in [6, 6.07) is 13.1. The van der Waals surface area contributed by atoms with Gasteiger partial charge in [0.25, 0.3) is 5.91 Å². The van der Waals surface area contributed by atoms with Crippen molar-refractivity contribution in [3.8, 4) is 0 Å². The van der Waals surface area contributed by atoms with Crippen LogP contribution in [-0.4, -0.2) is 38.2 Å². The molecular weight excluding hydrogens is 282 g/mol. The van der Waals surface area contributed by atoms with E-state index in [-0.39, 0.29) is 12.5 Å². The molecule has 0 spiro atoms. The van der Waals surface area contributed by atoms with Gasteiger partial charge in [-0.15, -0.1) is 0 Å². The Hall–Kier alpha value is -2.40. The number of nitrogens with one attached hydrogen (secondary N) is 1. The number of fused-ring (bicyclic) bond motifs is 1. The third-order valence-corrected chi connectivity index (χ3v) is 3.47. The SMILES string of the molecule is COC[C@@](C)(NC(=O)c1ccc2ccccc2c1)C(=O)OC. The number of benzene rings is 2. The summed E-state index contributed by atoms with van der Waals surface area (Å²) in [6.07, 6.45) is 0. The number of hydrogen-bond acceptors (Lipinski definition) is 4. The zero-order valence-corrected chi connectivity index (χ0v) is 12.9. The molecule has 0 aromatic heterocycles. The molecule has 0 unspecified atom stereocenters. The van der Waals surface area contributed by atoms with E-state index in [9.17, 15) is 9.59 Å². The van der Waals surface area contributed by atoms with E-state index in [0.717, 1.165) is 10.8 Å². The van der Waals surface area contributed by atoms with Crippen molar-refractivity contribution in [1.82, 2.24) is 5.32 Å². The molecular formula is C17H19NO4. The first-order valence-corrected chi connectivity index (χ1v) is 6.89. The summed E-state index contributed by atoms with van der Waals surface area (Å²) in [4.78, 5) is 24.3. The molecule has 2 aromatic rings. The Morgan fingerprint density at radius 3 is 2.41 bits per heavy atom. The van der Waals surface area contributed by atoms with Gasteiger partial charge in [-0.3, -0.25) is 4.79 Å². The monoisotopic (exact) mass is 301 g/mol. The van der Waals surface area contributed by atoms with Crippen LogP contribution in [0.5, 0.6) is 0 Å². The normalized spacial score (nSPS) is 13.4. The predicted octanol–water partition coefficient (Wildman–Crippen LogP) is 2.15. The molecule has 1 N–H and O–H groups in total. The van der Waals surface area contributed by atoms with E-state index in [2.05, 4.69) is 5.32 Å². The number of carbonyl (C=O) groups is 2. The first-order chi connectivity index (χ1) is 10.5. The molecule has 0 aliphatic heterocycles. The van der Waals surface area contributed by atoms with Gasteiger partial charge >= 0.3 is 5.97 Å². The quantitative estimate of drug-likeness (QED) is 0.859. The Labute approximate surface area is 129 Å². The molecule has 0 heterocycles. The Kier molecular flexibility index (Phi) is 4.78. The van der Waals surface area contributed by atoms with Crippen LogP contribution in [0.15, 0.2) is 42.5 Å². The van der Waals surface area contributed by atoms with Crippen molar-refractivity contribution in [2.24, 2.45) is 0 Å². The van der Waals surface area contributed by atoms with Crippen molar-refractivity contribution in [3.63, 3.8) is 0 Å². The summed E-state index contributed by atoms with van der Waals surface area (Å²) in [5.41, 5.74) is -0.753. The van der Waals surface area contributed by atoms with E-state index >= 15 is 0 Å². The van der Waals surface area contributed by atoms with Crippen molar-refractivity contribution in [3.05, 3.63) is 48.0 Å². The van der Waals surface area contributed by atoms with Crippen LogP contribution in [0.4, 0.5) is 0 Å². The lowest BCUT2D eigenvalue weighted by Crippen LogP contribution is -2.55. The average Bonchev–Trinajstić information content (AvgIpc) is 2.53. The lowest BCUT2D eigenvalue weighted by atomic mass is 10.0. The molecule has 0 radical (unpaired) electrons. The summed E-state index contributed by atoms with van der Waals surface area (Å²) in [7, 11) is 2.74. The molecule has 2 aromatic carbocycles. The van der Waals surface area contributed by atoms with Gasteiger partial charge in [-0.25, -0.2) is 4.79 Å². The topological polar surface area (TPSA) is 64.6 Å². The minimum absolute atomic E-state index is 0.0268. The fourth-order valence-corrected chi connectivity index (χ4v) is 2.31. The Morgan fingerprint density at radius 2 is 1.77 bits per heavy atom. The lowest BCUT2D eigenvalue weighted by Gasteiger charge is -2.27. The minimum Gasteiger partial charge on any atom is -0.467 e. The summed E-state index contributed by atoms with van der Waals surface area (Å²) >= 11 is 0. The Balaban J connectivity index is 2.26. The van der Waals surface area contributed by atoms with Gasteiger partial charge in [-0.1, -0.05) is 30.3 Å². The summed E-state index contributed by atoms with van der Waals surface area (Å²) in [5.74, 6) is -0.904. The molecule has 5 heteroatoms. The van der Waals surface area contributed by atoms with Crippen LogP contribution in [0.1, 0.15) is 17.3 Å². The van der Waals surface area contributed by atoms with Crippen LogP contribution in [0.2, 0.25) is 0 Å². The highest BCUT2D eigenvalue weighted by Gasteiger charge is 2.36. The highest BCUT2D eigenvalue weighted by molar-refractivity contribution is 6.01. The van der Waals surface area contributed by atoms with Gasteiger partial charge in [0.1, 0.15) is 0 Å². The minimum atomic E-state index is -1.23. The molecule has 0 bridgehead atoms. The molecule has 5 nitrogen and oxygen atoms in total. The van der Waals surface area contributed by atoms with E-state index < -0.39 is 11.5 Å². The van der Waals surface area contributed by atoms with Crippen molar-refractivity contribution >= 4 is 22.6 Å². The fraction of sp³-hybridized carbons (Fsp3) is 0.294. The van der Waals surface area contributed by atoms with Crippen LogP contribution >= 0.6 is 0 Å². The molecule has 116 valence electrons. The van der Waals surface area contributed by atoms with Gasteiger partial charge < -0.3 is 14.8 Å². The van der Waals surface area contributed by atoms with E-state index in [0.29, 0.717) is 5.56 Å². The number of carbonyl (C=O) groups excluding carboxylic acids is 2. The van der Waals surface area contributed by atoms with Crippen LogP contribution in [0.25, 0.3) is 10.8 Å². The largest absolute Gasteiger partial charge is 0.467 e. The van der Waals surface area contributed by atoms with Crippen molar-refractivity contribution < 1.29 is 19.1 Å². The maximum Gasteiger partial charge on any atom is 0.333 e. The van der Waals surface area contributed by atoms with Gasteiger partial charge in [0.15, 0.2) is 5.54 Å². The third-order valence-electron chi connectivity index (χ3n) is 3.47. The van der Waals surface area contributed by atoms with E-state index in [1.807, 2.05) is 30.3 Å². The molecule has 0 saturated carbocycles. The van der Waals surface area contributed by atoms with Crippen LogP contribution in [0.3, 0.4) is 0 Å². The standard InChI is InChI=1S/C17H19NO4/c1-17(11-21-2,16(20)22-3)18-15(19)14-9-8-12-6-4-5-7-13(12)10-14/h4-10H,11H2,1-3H3,(H,18,19)/t17-/m1/s1.